The standard InChI is InChI=1S/C19H31NO2.ClH/c1-18-8-7-14-12(13(18)5-6-17(18)22)4-3-11-9-16(21)15(20)10-19(11,14)2;/h11-15,17,22H,3-10,20H2,1-2H3;1H/t11-,12-,13-,14-,15+,17-,18-,19-;/m0./s1. The highest BCUT2D eigenvalue weighted by molar-refractivity contribution is 5.85. The van der Waals surface area contributed by atoms with Crippen LogP contribution in [0.5, 0.6) is 0 Å². The smallest absolute Gasteiger partial charge is 0.149 e. The van der Waals surface area contributed by atoms with Crippen LogP contribution in [-0.2, 0) is 4.79 Å². The van der Waals surface area contributed by atoms with Crippen molar-refractivity contribution in [1.29, 1.82) is 0 Å². The Bertz CT molecular complexity index is 498. The highest BCUT2D eigenvalue weighted by Gasteiger charge is 2.60. The number of rotatable bonds is 0. The number of fused-ring (bicyclic) bond motifs is 5. The van der Waals surface area contributed by atoms with Gasteiger partial charge in [0.25, 0.3) is 0 Å². The maximum atomic E-state index is 12.1. The van der Waals surface area contributed by atoms with Gasteiger partial charge in [-0.25, -0.2) is 0 Å². The lowest BCUT2D eigenvalue weighted by Gasteiger charge is -2.60. The molecule has 23 heavy (non-hydrogen) atoms. The average molecular weight is 342 g/mol. The predicted octanol–water partition coefficient (Wildman–Crippen LogP) is 3.32. The van der Waals surface area contributed by atoms with E-state index in [1.54, 1.807) is 0 Å². The Balaban J connectivity index is 0.00000156. The van der Waals surface area contributed by atoms with Gasteiger partial charge in [-0.1, -0.05) is 13.8 Å². The Morgan fingerprint density at radius 2 is 1.74 bits per heavy atom. The summed E-state index contributed by atoms with van der Waals surface area (Å²) in [6, 6.07) is -0.234. The fraction of sp³-hybridized carbons (Fsp3) is 0.947. The number of carbonyl (C=O) groups is 1. The molecule has 0 spiro atoms. The highest BCUT2D eigenvalue weighted by Crippen LogP contribution is 2.65. The van der Waals surface area contributed by atoms with Gasteiger partial charge in [-0.3, -0.25) is 4.79 Å². The van der Waals surface area contributed by atoms with Crippen molar-refractivity contribution in [3.8, 4) is 0 Å². The van der Waals surface area contributed by atoms with Crippen LogP contribution >= 0.6 is 12.4 Å². The largest absolute Gasteiger partial charge is 0.393 e. The number of aliphatic hydroxyl groups is 1. The molecule has 132 valence electrons. The second-order valence-electron chi connectivity index (χ2n) is 9.28. The minimum absolute atomic E-state index is 0. The maximum absolute atomic E-state index is 12.1. The summed E-state index contributed by atoms with van der Waals surface area (Å²) in [6.07, 6.45) is 8.54. The molecule has 0 heterocycles. The van der Waals surface area contributed by atoms with Gasteiger partial charge < -0.3 is 10.8 Å². The van der Waals surface area contributed by atoms with Crippen molar-refractivity contribution in [2.45, 2.75) is 77.4 Å². The SMILES string of the molecule is C[C@]12C[C@@H](N)C(=O)C[C@@H]1CC[C@@H]1[C@@H]2CC[C@]2(C)[C@@H](O)CC[C@@H]12.Cl. The molecule has 0 bridgehead atoms. The number of ketones is 1. The molecule has 3 nitrogen and oxygen atoms in total. The van der Waals surface area contributed by atoms with Gasteiger partial charge >= 0.3 is 0 Å². The third-order valence-corrected chi connectivity index (χ3v) is 8.54. The summed E-state index contributed by atoms with van der Waals surface area (Å²) in [5, 5.41) is 10.5. The molecule has 4 fully saturated rings. The van der Waals surface area contributed by atoms with Crippen molar-refractivity contribution in [3.63, 3.8) is 0 Å². The van der Waals surface area contributed by atoms with Gasteiger partial charge in [0.1, 0.15) is 5.78 Å². The fourth-order valence-electron chi connectivity index (χ4n) is 7.14. The quantitative estimate of drug-likeness (QED) is 0.710. The number of nitrogens with two attached hydrogens (primary N) is 1. The molecule has 3 N–H and O–H groups in total. The van der Waals surface area contributed by atoms with Crippen LogP contribution in [0.15, 0.2) is 0 Å². The van der Waals surface area contributed by atoms with E-state index in [1.165, 1.54) is 25.7 Å². The topological polar surface area (TPSA) is 63.3 Å². The summed E-state index contributed by atoms with van der Waals surface area (Å²) >= 11 is 0. The van der Waals surface area contributed by atoms with Gasteiger partial charge in [0.15, 0.2) is 0 Å². The number of aliphatic hydroxyl groups excluding tert-OH is 1. The first kappa shape index (κ1) is 17.7. The molecule has 4 saturated carbocycles. The van der Waals surface area contributed by atoms with Crippen LogP contribution in [-0.4, -0.2) is 23.0 Å². The van der Waals surface area contributed by atoms with Crippen molar-refractivity contribution in [2.75, 3.05) is 0 Å². The minimum Gasteiger partial charge on any atom is -0.393 e. The van der Waals surface area contributed by atoms with Crippen LogP contribution in [0.25, 0.3) is 0 Å². The summed E-state index contributed by atoms with van der Waals surface area (Å²) in [7, 11) is 0. The van der Waals surface area contributed by atoms with Crippen LogP contribution in [0.4, 0.5) is 0 Å². The summed E-state index contributed by atoms with van der Waals surface area (Å²) < 4.78 is 0. The first-order valence-corrected chi connectivity index (χ1v) is 9.32. The van der Waals surface area contributed by atoms with Gasteiger partial charge in [-0.2, -0.15) is 0 Å². The molecule has 0 unspecified atom stereocenters. The van der Waals surface area contributed by atoms with E-state index >= 15 is 0 Å². The third kappa shape index (κ3) is 2.33. The molecule has 0 saturated heterocycles. The van der Waals surface area contributed by atoms with Crippen LogP contribution in [0.2, 0.25) is 0 Å². The molecule has 0 amide bonds. The molecule has 0 radical (unpaired) electrons. The number of hydrogen-bond acceptors (Lipinski definition) is 3. The average Bonchev–Trinajstić information content (AvgIpc) is 2.77. The fourth-order valence-corrected chi connectivity index (χ4v) is 7.14. The van der Waals surface area contributed by atoms with Gasteiger partial charge in [-0.05, 0) is 79.4 Å². The molecule has 4 heteroatoms. The van der Waals surface area contributed by atoms with Crippen LogP contribution < -0.4 is 5.73 Å². The molecule has 4 aliphatic rings. The van der Waals surface area contributed by atoms with Crippen molar-refractivity contribution in [1.82, 2.24) is 0 Å². The first-order chi connectivity index (χ1) is 10.4. The Hall–Kier alpha value is -0.120. The molecule has 0 aliphatic heterocycles. The predicted molar refractivity (Wildman–Crippen MR) is 93.3 cm³/mol. The zero-order valence-corrected chi connectivity index (χ0v) is 15.3. The molecule has 0 aromatic carbocycles. The van der Waals surface area contributed by atoms with Crippen molar-refractivity contribution < 1.29 is 9.90 Å². The molecular formula is C19H32ClNO2. The second-order valence-corrected chi connectivity index (χ2v) is 9.28. The van der Waals surface area contributed by atoms with Crippen molar-refractivity contribution in [3.05, 3.63) is 0 Å². The van der Waals surface area contributed by atoms with E-state index in [-0.39, 0.29) is 41.2 Å². The Morgan fingerprint density at radius 3 is 2.48 bits per heavy atom. The normalized spacial score (nSPS) is 55.4. The minimum atomic E-state index is -0.234. The number of halogens is 1. The Kier molecular flexibility index (Phi) is 4.39. The Labute approximate surface area is 146 Å². The second kappa shape index (κ2) is 5.71. The number of Topliss-reactive ketones (excluding diaryl/α,β-unsaturated/α-hetero) is 1. The van der Waals surface area contributed by atoms with E-state index in [1.807, 2.05) is 0 Å². The van der Waals surface area contributed by atoms with Crippen molar-refractivity contribution >= 4 is 18.2 Å². The molecule has 4 aliphatic carbocycles. The molecular weight excluding hydrogens is 310 g/mol. The lowest BCUT2D eigenvalue weighted by Crippen LogP contribution is -2.57. The summed E-state index contributed by atoms with van der Waals surface area (Å²) in [5.74, 6) is 2.99. The lowest BCUT2D eigenvalue weighted by molar-refractivity contribution is -0.144. The van der Waals surface area contributed by atoms with Crippen LogP contribution in [0.1, 0.15) is 65.2 Å². The van der Waals surface area contributed by atoms with E-state index in [4.69, 9.17) is 5.73 Å². The number of carbonyl (C=O) groups excluding carboxylic acids is 1. The number of hydrogen-bond donors (Lipinski definition) is 2. The first-order valence-electron chi connectivity index (χ1n) is 9.32. The zero-order valence-electron chi connectivity index (χ0n) is 14.5. The van der Waals surface area contributed by atoms with E-state index in [0.717, 1.165) is 25.2 Å². The summed E-state index contributed by atoms with van der Waals surface area (Å²) in [4.78, 5) is 12.1. The van der Waals surface area contributed by atoms with E-state index in [9.17, 15) is 9.90 Å². The van der Waals surface area contributed by atoms with E-state index in [2.05, 4.69) is 13.8 Å². The maximum Gasteiger partial charge on any atom is 0.149 e. The van der Waals surface area contributed by atoms with E-state index < -0.39 is 0 Å². The summed E-state index contributed by atoms with van der Waals surface area (Å²) in [6.45, 7) is 4.75. The highest BCUT2D eigenvalue weighted by atomic mass is 35.5. The summed E-state index contributed by atoms with van der Waals surface area (Å²) in [5.41, 5.74) is 6.56. The van der Waals surface area contributed by atoms with Gasteiger partial charge in [0.05, 0.1) is 12.1 Å². The third-order valence-electron chi connectivity index (χ3n) is 8.54. The molecule has 0 aromatic heterocycles. The van der Waals surface area contributed by atoms with Crippen molar-refractivity contribution in [2.24, 2.45) is 40.2 Å². The molecule has 8 atom stereocenters. The van der Waals surface area contributed by atoms with Gasteiger partial charge in [0.2, 0.25) is 0 Å². The molecule has 4 rings (SSSR count). The van der Waals surface area contributed by atoms with Crippen LogP contribution in [0, 0.1) is 34.5 Å². The lowest BCUT2D eigenvalue weighted by atomic mass is 9.45. The van der Waals surface area contributed by atoms with Gasteiger partial charge in [-0.15, -0.1) is 12.4 Å². The zero-order chi connectivity index (χ0) is 15.7. The van der Waals surface area contributed by atoms with Gasteiger partial charge in [0, 0.05) is 6.42 Å². The monoisotopic (exact) mass is 341 g/mol. The molecule has 0 aromatic rings. The Morgan fingerprint density at radius 1 is 1.04 bits per heavy atom. The van der Waals surface area contributed by atoms with Crippen LogP contribution in [0.3, 0.4) is 0 Å². The van der Waals surface area contributed by atoms with E-state index in [0.29, 0.717) is 24.2 Å².